The summed E-state index contributed by atoms with van der Waals surface area (Å²) in [6.45, 7) is 5.63. The molecule has 3 aromatic rings. The molecule has 1 heterocycles. The number of hydrogen-bond acceptors (Lipinski definition) is 7. The highest BCUT2D eigenvalue weighted by Gasteiger charge is 2.21. The molecule has 2 aromatic carbocycles. The van der Waals surface area contributed by atoms with E-state index in [1.54, 1.807) is 6.07 Å². The van der Waals surface area contributed by atoms with E-state index in [1.165, 1.54) is 11.7 Å². The molecule has 0 aliphatic carbocycles. The molecule has 3 rings (SSSR count). The van der Waals surface area contributed by atoms with E-state index in [1.807, 2.05) is 44.2 Å². The smallest absolute Gasteiger partial charge is 0.330 e. The predicted octanol–water partition coefficient (Wildman–Crippen LogP) is 4.13. The third-order valence-electron chi connectivity index (χ3n) is 5.53. The van der Waals surface area contributed by atoms with Gasteiger partial charge in [0.15, 0.2) is 17.6 Å². The molecule has 0 amide bonds. The number of Topliss-reactive ketones (excluding diaryl/α,β-unsaturated/α-hetero) is 1. The third kappa shape index (κ3) is 5.98. The average Bonchev–Trinajstić information content (AvgIpc) is 3.26. The van der Waals surface area contributed by atoms with Crippen LogP contribution in [0.5, 0.6) is 11.5 Å². The van der Waals surface area contributed by atoms with Crippen molar-refractivity contribution in [3.8, 4) is 11.5 Å². The quantitative estimate of drug-likeness (QED) is 0.381. The molecule has 0 spiro atoms. The first-order chi connectivity index (χ1) is 16.3. The van der Waals surface area contributed by atoms with Crippen molar-refractivity contribution in [1.82, 2.24) is 20.2 Å². The fourth-order valence-corrected chi connectivity index (χ4v) is 3.74. The van der Waals surface area contributed by atoms with Gasteiger partial charge in [-0.05, 0) is 54.3 Å². The van der Waals surface area contributed by atoms with Crippen LogP contribution in [0.4, 0.5) is 0 Å². The van der Waals surface area contributed by atoms with Crippen molar-refractivity contribution in [1.29, 1.82) is 0 Å². The summed E-state index contributed by atoms with van der Waals surface area (Å²) in [4.78, 5) is 24.3. The molecule has 2 N–H and O–H groups in total. The molecule has 0 aliphatic rings. The molecule has 1 aromatic heterocycles. The van der Waals surface area contributed by atoms with E-state index >= 15 is 0 Å². The lowest BCUT2D eigenvalue weighted by molar-refractivity contribution is -0.141. The zero-order chi connectivity index (χ0) is 24.7. The Morgan fingerprint density at radius 3 is 2.44 bits per heavy atom. The average molecular weight is 467 g/mol. The number of tetrazole rings is 1. The van der Waals surface area contributed by atoms with Crippen molar-refractivity contribution in [2.45, 2.75) is 65.5 Å². The maximum atomic E-state index is 11.7. The number of carboxylic acid groups (broad SMARTS) is 1. The van der Waals surface area contributed by atoms with Crippen molar-refractivity contribution >= 4 is 11.8 Å². The first-order valence-corrected chi connectivity index (χ1v) is 11.4. The van der Waals surface area contributed by atoms with Crippen LogP contribution in [-0.2, 0) is 24.2 Å². The second-order valence-corrected chi connectivity index (χ2v) is 8.18. The largest absolute Gasteiger partial charge is 0.507 e. The highest BCUT2D eigenvalue weighted by molar-refractivity contribution is 5.97. The summed E-state index contributed by atoms with van der Waals surface area (Å²) in [5.41, 5.74) is 2.84. The van der Waals surface area contributed by atoms with Gasteiger partial charge in [0.2, 0.25) is 0 Å². The SMILES string of the molecule is CCCc1c(COc2ccc(Cc3nnn(C(CCC)C(=O)O)n3)cc2)ccc(C(C)=O)c1O. The molecule has 0 saturated heterocycles. The number of benzene rings is 2. The van der Waals surface area contributed by atoms with Crippen LogP contribution in [-0.4, -0.2) is 42.2 Å². The number of hydrogen-bond donors (Lipinski definition) is 2. The first kappa shape index (κ1) is 24.9. The summed E-state index contributed by atoms with van der Waals surface area (Å²) >= 11 is 0. The summed E-state index contributed by atoms with van der Waals surface area (Å²) in [5.74, 6) is -0.00144. The molecule has 0 saturated carbocycles. The number of phenolic OH excluding ortho intramolecular Hbond substituents is 1. The van der Waals surface area contributed by atoms with E-state index in [-0.39, 0.29) is 18.1 Å². The van der Waals surface area contributed by atoms with Crippen LogP contribution in [0, 0.1) is 0 Å². The Morgan fingerprint density at radius 2 is 1.82 bits per heavy atom. The lowest BCUT2D eigenvalue weighted by atomic mass is 9.97. The highest BCUT2D eigenvalue weighted by Crippen LogP contribution is 2.29. The van der Waals surface area contributed by atoms with Gasteiger partial charge in [-0.3, -0.25) is 4.79 Å². The van der Waals surface area contributed by atoms with Crippen molar-refractivity contribution in [3.05, 3.63) is 64.5 Å². The normalized spacial score (nSPS) is 11.9. The maximum absolute atomic E-state index is 11.7. The van der Waals surface area contributed by atoms with Gasteiger partial charge in [-0.25, -0.2) is 4.79 Å². The molecule has 0 bridgehead atoms. The zero-order valence-corrected chi connectivity index (χ0v) is 19.7. The van der Waals surface area contributed by atoms with E-state index in [2.05, 4.69) is 15.4 Å². The predicted molar refractivity (Wildman–Crippen MR) is 125 cm³/mol. The number of ether oxygens (including phenoxy) is 1. The molecule has 0 aliphatic heterocycles. The number of aromatic nitrogens is 4. The van der Waals surface area contributed by atoms with Gasteiger partial charge in [-0.1, -0.05) is 44.9 Å². The minimum atomic E-state index is -0.973. The Labute approximate surface area is 198 Å². The van der Waals surface area contributed by atoms with Gasteiger partial charge in [0, 0.05) is 12.0 Å². The number of nitrogens with zero attached hydrogens (tertiary/aromatic N) is 4. The Bertz CT molecular complexity index is 1140. The van der Waals surface area contributed by atoms with E-state index in [0.29, 0.717) is 42.8 Å². The molecule has 9 heteroatoms. The molecule has 9 nitrogen and oxygen atoms in total. The van der Waals surface area contributed by atoms with Crippen molar-refractivity contribution in [2.24, 2.45) is 0 Å². The molecule has 180 valence electrons. The standard InChI is InChI=1S/C25H30N4O5/c1-4-6-21-18(10-13-20(16(3)30)24(21)31)15-34-19-11-8-17(9-12-19)14-23-26-28-29(27-23)22(7-5-2)25(32)33/h8-13,22,31H,4-7,14-15H2,1-3H3,(H,32,33). The topological polar surface area (TPSA) is 127 Å². The fourth-order valence-electron chi connectivity index (χ4n) is 3.74. The second-order valence-electron chi connectivity index (χ2n) is 8.18. The van der Waals surface area contributed by atoms with Crippen LogP contribution >= 0.6 is 0 Å². The fraction of sp³-hybridized carbons (Fsp3) is 0.400. The second kappa shape index (κ2) is 11.4. The van der Waals surface area contributed by atoms with E-state index in [4.69, 9.17) is 4.74 Å². The lowest BCUT2D eigenvalue weighted by Gasteiger charge is -2.14. The number of carboxylic acids is 1. The van der Waals surface area contributed by atoms with Gasteiger partial charge in [0.05, 0.1) is 5.56 Å². The summed E-state index contributed by atoms with van der Waals surface area (Å²) in [5, 5.41) is 32.0. The zero-order valence-electron chi connectivity index (χ0n) is 19.7. The number of carbonyl (C=O) groups excluding carboxylic acids is 1. The van der Waals surface area contributed by atoms with Gasteiger partial charge in [0.1, 0.15) is 18.1 Å². The van der Waals surface area contributed by atoms with Gasteiger partial charge in [0.25, 0.3) is 0 Å². The Hall–Kier alpha value is -3.75. The minimum absolute atomic E-state index is 0.0374. The Morgan fingerprint density at radius 1 is 1.09 bits per heavy atom. The van der Waals surface area contributed by atoms with E-state index < -0.39 is 12.0 Å². The van der Waals surface area contributed by atoms with Crippen LogP contribution < -0.4 is 4.74 Å². The molecule has 0 fully saturated rings. The number of aliphatic carboxylic acids is 1. The molecule has 34 heavy (non-hydrogen) atoms. The lowest BCUT2D eigenvalue weighted by Crippen LogP contribution is -2.21. The summed E-state index contributed by atoms with van der Waals surface area (Å²) in [6, 6.07) is 10.1. The number of carbonyl (C=O) groups is 2. The minimum Gasteiger partial charge on any atom is -0.507 e. The van der Waals surface area contributed by atoms with Crippen molar-refractivity contribution in [2.75, 3.05) is 0 Å². The van der Waals surface area contributed by atoms with Crippen molar-refractivity contribution in [3.63, 3.8) is 0 Å². The van der Waals surface area contributed by atoms with Crippen molar-refractivity contribution < 1.29 is 24.5 Å². The number of rotatable bonds is 12. The van der Waals surface area contributed by atoms with Crippen LogP contribution in [0.1, 0.15) is 78.9 Å². The van der Waals surface area contributed by atoms with Gasteiger partial charge in [-0.2, -0.15) is 0 Å². The van der Waals surface area contributed by atoms with Crippen LogP contribution in [0.3, 0.4) is 0 Å². The number of aromatic hydroxyl groups is 1. The van der Waals surface area contributed by atoms with Gasteiger partial charge in [-0.15, -0.1) is 15.0 Å². The van der Waals surface area contributed by atoms with E-state index in [9.17, 15) is 19.8 Å². The monoisotopic (exact) mass is 466 g/mol. The molecular formula is C25H30N4O5. The molecule has 1 atom stereocenters. The first-order valence-electron chi connectivity index (χ1n) is 11.4. The molecular weight excluding hydrogens is 436 g/mol. The number of phenols is 1. The van der Waals surface area contributed by atoms with Gasteiger partial charge >= 0.3 is 5.97 Å². The maximum Gasteiger partial charge on any atom is 0.330 e. The number of ketones is 1. The third-order valence-corrected chi connectivity index (χ3v) is 5.53. The summed E-state index contributed by atoms with van der Waals surface area (Å²) in [6.07, 6.45) is 3.04. The molecule has 0 radical (unpaired) electrons. The summed E-state index contributed by atoms with van der Waals surface area (Å²) < 4.78 is 5.92. The van der Waals surface area contributed by atoms with Crippen LogP contribution in [0.15, 0.2) is 36.4 Å². The molecule has 1 unspecified atom stereocenters. The summed E-state index contributed by atoms with van der Waals surface area (Å²) in [7, 11) is 0. The van der Waals surface area contributed by atoms with Crippen LogP contribution in [0.2, 0.25) is 0 Å². The Balaban J connectivity index is 1.66. The highest BCUT2D eigenvalue weighted by atomic mass is 16.5. The Kier molecular flexibility index (Phi) is 8.34. The van der Waals surface area contributed by atoms with Crippen LogP contribution in [0.25, 0.3) is 0 Å². The van der Waals surface area contributed by atoms with Gasteiger partial charge < -0.3 is 14.9 Å². The van der Waals surface area contributed by atoms with E-state index in [0.717, 1.165) is 23.1 Å².